The molecular formula is C17H19ClN2O2S. The number of nitrogens with zero attached hydrogens (tertiary/aromatic N) is 1. The van der Waals surface area contributed by atoms with E-state index in [-0.39, 0.29) is 11.8 Å². The van der Waals surface area contributed by atoms with E-state index < -0.39 is 10.0 Å². The molecule has 1 atom stereocenters. The molecule has 3 rings (SSSR count). The van der Waals surface area contributed by atoms with Gasteiger partial charge in [-0.1, -0.05) is 60.1 Å². The highest BCUT2D eigenvalue weighted by Crippen LogP contribution is 2.31. The molecule has 1 fully saturated rings. The van der Waals surface area contributed by atoms with Gasteiger partial charge < -0.3 is 5.32 Å². The van der Waals surface area contributed by atoms with E-state index in [0.717, 1.165) is 11.1 Å². The minimum Gasteiger partial charge on any atom is -0.313 e. The number of nitrogens with one attached hydrogen (secondary N) is 1. The standard InChI is InChI=1S/C17H19ClN2O2S/c18-16-9-5-4-8-15(16)17-12-19-10-11-20(17)23(21,22)13-14-6-2-1-3-7-14/h1-9,17,19H,10-13H2. The van der Waals surface area contributed by atoms with Crippen molar-refractivity contribution < 1.29 is 8.42 Å². The molecule has 0 bridgehead atoms. The van der Waals surface area contributed by atoms with E-state index in [1.807, 2.05) is 48.5 Å². The van der Waals surface area contributed by atoms with Crippen LogP contribution >= 0.6 is 11.6 Å². The molecule has 0 aliphatic carbocycles. The minimum absolute atomic E-state index is 0.00872. The third-order valence-corrected chi connectivity index (χ3v) is 6.20. The van der Waals surface area contributed by atoms with Gasteiger partial charge in [-0.25, -0.2) is 8.42 Å². The molecule has 0 amide bonds. The lowest BCUT2D eigenvalue weighted by Gasteiger charge is -2.36. The Labute approximate surface area is 142 Å². The predicted octanol–water partition coefficient (Wildman–Crippen LogP) is 2.82. The lowest BCUT2D eigenvalue weighted by Crippen LogP contribution is -2.49. The van der Waals surface area contributed by atoms with Crippen LogP contribution in [0.15, 0.2) is 54.6 Å². The van der Waals surface area contributed by atoms with Crippen molar-refractivity contribution in [3.8, 4) is 0 Å². The van der Waals surface area contributed by atoms with Gasteiger partial charge in [-0.2, -0.15) is 4.31 Å². The van der Waals surface area contributed by atoms with Crippen molar-refractivity contribution in [2.45, 2.75) is 11.8 Å². The number of rotatable bonds is 4. The van der Waals surface area contributed by atoms with Crippen molar-refractivity contribution in [1.29, 1.82) is 0 Å². The van der Waals surface area contributed by atoms with E-state index in [0.29, 0.717) is 24.7 Å². The maximum absolute atomic E-state index is 12.9. The second-order valence-corrected chi connectivity index (χ2v) is 7.92. The van der Waals surface area contributed by atoms with Crippen molar-refractivity contribution in [3.63, 3.8) is 0 Å². The summed E-state index contributed by atoms with van der Waals surface area (Å²) in [7, 11) is -3.42. The molecule has 1 aliphatic heterocycles. The van der Waals surface area contributed by atoms with Crippen molar-refractivity contribution in [3.05, 3.63) is 70.7 Å². The Bertz CT molecular complexity index is 765. The van der Waals surface area contributed by atoms with E-state index in [1.165, 1.54) is 0 Å². The second-order valence-electron chi connectivity index (χ2n) is 5.59. The molecule has 0 saturated carbocycles. The molecule has 2 aromatic rings. The minimum atomic E-state index is -3.42. The maximum atomic E-state index is 12.9. The average molecular weight is 351 g/mol. The lowest BCUT2D eigenvalue weighted by atomic mass is 10.1. The van der Waals surface area contributed by atoms with Crippen LogP contribution in [-0.4, -0.2) is 32.4 Å². The number of hydrogen-bond donors (Lipinski definition) is 1. The third kappa shape index (κ3) is 3.75. The van der Waals surface area contributed by atoms with E-state index in [4.69, 9.17) is 11.6 Å². The summed E-state index contributed by atoms with van der Waals surface area (Å²) in [5.41, 5.74) is 1.64. The first-order valence-corrected chi connectivity index (χ1v) is 9.55. The lowest BCUT2D eigenvalue weighted by molar-refractivity contribution is 0.271. The number of halogens is 1. The topological polar surface area (TPSA) is 49.4 Å². The smallest absolute Gasteiger partial charge is 0.218 e. The molecule has 1 heterocycles. The zero-order chi connectivity index (χ0) is 16.3. The van der Waals surface area contributed by atoms with Crippen LogP contribution in [0, 0.1) is 0 Å². The van der Waals surface area contributed by atoms with Gasteiger partial charge in [-0.05, 0) is 17.2 Å². The monoisotopic (exact) mass is 350 g/mol. The second kappa shape index (κ2) is 7.01. The summed E-state index contributed by atoms with van der Waals surface area (Å²) in [6, 6.07) is 16.4. The first-order valence-electron chi connectivity index (χ1n) is 7.56. The van der Waals surface area contributed by atoms with Crippen LogP contribution in [0.5, 0.6) is 0 Å². The summed E-state index contributed by atoms with van der Waals surface area (Å²) in [6.07, 6.45) is 0. The van der Waals surface area contributed by atoms with E-state index >= 15 is 0 Å². The maximum Gasteiger partial charge on any atom is 0.218 e. The number of piperazine rings is 1. The summed E-state index contributed by atoms with van der Waals surface area (Å²) in [4.78, 5) is 0. The Hall–Kier alpha value is -1.40. The van der Waals surface area contributed by atoms with Crippen molar-refractivity contribution in [1.82, 2.24) is 9.62 Å². The van der Waals surface area contributed by atoms with Gasteiger partial charge in [-0.3, -0.25) is 0 Å². The molecular weight excluding hydrogens is 332 g/mol. The van der Waals surface area contributed by atoms with Gasteiger partial charge in [0.15, 0.2) is 0 Å². The summed E-state index contributed by atoms with van der Waals surface area (Å²) < 4.78 is 27.4. The van der Waals surface area contributed by atoms with Gasteiger partial charge in [0.05, 0.1) is 11.8 Å². The van der Waals surface area contributed by atoms with Gasteiger partial charge >= 0.3 is 0 Å². The van der Waals surface area contributed by atoms with Gasteiger partial charge in [0.2, 0.25) is 10.0 Å². The van der Waals surface area contributed by atoms with E-state index in [2.05, 4.69) is 5.32 Å². The molecule has 6 heteroatoms. The highest BCUT2D eigenvalue weighted by molar-refractivity contribution is 7.88. The van der Waals surface area contributed by atoms with Crippen molar-refractivity contribution in [2.75, 3.05) is 19.6 Å². The highest BCUT2D eigenvalue weighted by Gasteiger charge is 2.34. The summed E-state index contributed by atoms with van der Waals surface area (Å²) >= 11 is 6.28. The first kappa shape index (κ1) is 16.5. The molecule has 0 radical (unpaired) electrons. The quantitative estimate of drug-likeness (QED) is 0.922. The average Bonchev–Trinajstić information content (AvgIpc) is 2.56. The summed E-state index contributed by atoms with van der Waals surface area (Å²) in [5.74, 6) is 0.00872. The highest BCUT2D eigenvalue weighted by atomic mass is 35.5. The normalized spacial score (nSPS) is 19.6. The predicted molar refractivity (Wildman–Crippen MR) is 92.8 cm³/mol. The Morgan fingerprint density at radius 3 is 2.52 bits per heavy atom. The van der Waals surface area contributed by atoms with Crippen LogP contribution in [0.4, 0.5) is 0 Å². The van der Waals surface area contributed by atoms with Crippen LogP contribution in [0.2, 0.25) is 5.02 Å². The molecule has 1 unspecified atom stereocenters. The molecule has 1 aliphatic rings. The Kier molecular flexibility index (Phi) is 5.02. The van der Waals surface area contributed by atoms with Crippen LogP contribution in [0.25, 0.3) is 0 Å². The molecule has 4 nitrogen and oxygen atoms in total. The first-order chi connectivity index (χ1) is 11.1. The number of hydrogen-bond acceptors (Lipinski definition) is 3. The fourth-order valence-corrected chi connectivity index (χ4v) is 4.88. The molecule has 23 heavy (non-hydrogen) atoms. The Morgan fingerprint density at radius 1 is 1.09 bits per heavy atom. The number of benzene rings is 2. The largest absolute Gasteiger partial charge is 0.313 e. The van der Waals surface area contributed by atoms with Crippen LogP contribution < -0.4 is 5.32 Å². The van der Waals surface area contributed by atoms with E-state index in [9.17, 15) is 8.42 Å². The van der Waals surface area contributed by atoms with E-state index in [1.54, 1.807) is 10.4 Å². The molecule has 0 spiro atoms. The summed E-state index contributed by atoms with van der Waals surface area (Å²) in [6.45, 7) is 1.66. The van der Waals surface area contributed by atoms with Crippen molar-refractivity contribution in [2.24, 2.45) is 0 Å². The SMILES string of the molecule is O=S(=O)(Cc1ccccc1)N1CCNCC1c1ccccc1Cl. The van der Waals surface area contributed by atoms with Crippen LogP contribution in [0.1, 0.15) is 17.2 Å². The molecule has 122 valence electrons. The zero-order valence-corrected chi connectivity index (χ0v) is 14.2. The third-order valence-electron chi connectivity index (χ3n) is 4.01. The molecule has 2 aromatic carbocycles. The fraction of sp³-hybridized carbons (Fsp3) is 0.294. The zero-order valence-electron chi connectivity index (χ0n) is 12.7. The van der Waals surface area contributed by atoms with Crippen LogP contribution in [-0.2, 0) is 15.8 Å². The molecule has 1 N–H and O–H groups in total. The Morgan fingerprint density at radius 2 is 1.78 bits per heavy atom. The summed E-state index contributed by atoms with van der Waals surface area (Å²) in [5, 5.41) is 3.86. The van der Waals surface area contributed by atoms with Crippen molar-refractivity contribution >= 4 is 21.6 Å². The molecule has 0 aromatic heterocycles. The number of sulfonamides is 1. The van der Waals surface area contributed by atoms with Gasteiger partial charge in [0.25, 0.3) is 0 Å². The fourth-order valence-electron chi connectivity index (χ4n) is 2.90. The van der Waals surface area contributed by atoms with Crippen LogP contribution in [0.3, 0.4) is 0 Å². The molecule has 1 saturated heterocycles. The van der Waals surface area contributed by atoms with Gasteiger partial charge in [0, 0.05) is 24.7 Å². The van der Waals surface area contributed by atoms with Gasteiger partial charge in [-0.15, -0.1) is 0 Å². The Balaban J connectivity index is 1.90. The van der Waals surface area contributed by atoms with Gasteiger partial charge in [0.1, 0.15) is 0 Å².